The Morgan fingerprint density at radius 1 is 1.14 bits per heavy atom. The van der Waals surface area contributed by atoms with Crippen LogP contribution in [0.2, 0.25) is 0 Å². The molecular weight excluding hydrogens is 354 g/mol. The van der Waals surface area contributed by atoms with Crippen LogP contribution in [0.5, 0.6) is 11.5 Å². The Hall–Kier alpha value is -2.73. The number of nitrogens with one attached hydrogen (secondary N) is 1. The summed E-state index contributed by atoms with van der Waals surface area (Å²) in [6.45, 7) is 6.97. The number of hydrogen-bond donors (Lipinski definition) is 1. The number of hydrogen-bond acceptors (Lipinski definition) is 4. The molecule has 0 bridgehead atoms. The van der Waals surface area contributed by atoms with Gasteiger partial charge in [0, 0.05) is 39.3 Å². The van der Waals surface area contributed by atoms with Crippen molar-refractivity contribution < 1.29 is 14.3 Å². The minimum atomic E-state index is -0.0300. The van der Waals surface area contributed by atoms with Gasteiger partial charge in [-0.1, -0.05) is 30.3 Å². The van der Waals surface area contributed by atoms with Crippen LogP contribution in [0.25, 0.3) is 0 Å². The van der Waals surface area contributed by atoms with Crippen molar-refractivity contribution in [3.8, 4) is 11.5 Å². The van der Waals surface area contributed by atoms with Crippen molar-refractivity contribution >= 4 is 6.03 Å². The summed E-state index contributed by atoms with van der Waals surface area (Å²) in [5.74, 6) is 1.51. The molecule has 2 aliphatic rings. The number of carbonyl (C=O) groups is 1. The van der Waals surface area contributed by atoms with Crippen molar-refractivity contribution in [2.75, 3.05) is 33.0 Å². The smallest absolute Gasteiger partial charge is 0.317 e. The molecule has 0 atom stereocenters. The van der Waals surface area contributed by atoms with E-state index in [0.29, 0.717) is 19.6 Å². The fourth-order valence-electron chi connectivity index (χ4n) is 3.76. The zero-order valence-electron chi connectivity index (χ0n) is 16.3. The molecule has 0 spiro atoms. The maximum Gasteiger partial charge on any atom is 0.317 e. The molecule has 6 nitrogen and oxygen atoms in total. The first-order valence-electron chi connectivity index (χ1n) is 9.93. The highest BCUT2D eigenvalue weighted by Crippen LogP contribution is 2.32. The average molecular weight is 381 g/mol. The summed E-state index contributed by atoms with van der Waals surface area (Å²) in [4.78, 5) is 16.8. The van der Waals surface area contributed by atoms with Crippen LogP contribution in [-0.2, 0) is 19.5 Å². The van der Waals surface area contributed by atoms with Crippen LogP contribution in [0.4, 0.5) is 4.79 Å². The van der Waals surface area contributed by atoms with E-state index < -0.39 is 0 Å². The van der Waals surface area contributed by atoms with Gasteiger partial charge in [-0.25, -0.2) is 4.79 Å². The van der Waals surface area contributed by atoms with Crippen LogP contribution in [0.1, 0.15) is 23.6 Å². The highest BCUT2D eigenvalue weighted by atomic mass is 16.7. The van der Waals surface area contributed by atoms with Crippen LogP contribution in [-0.4, -0.2) is 48.8 Å². The minimum absolute atomic E-state index is 0.0300. The molecule has 0 fully saturated rings. The van der Waals surface area contributed by atoms with Gasteiger partial charge in [0.1, 0.15) is 0 Å². The van der Waals surface area contributed by atoms with Gasteiger partial charge in [-0.3, -0.25) is 4.90 Å². The van der Waals surface area contributed by atoms with Gasteiger partial charge in [-0.05, 0) is 42.2 Å². The van der Waals surface area contributed by atoms with Gasteiger partial charge >= 0.3 is 6.03 Å². The molecule has 4 rings (SSSR count). The quantitative estimate of drug-likeness (QED) is 0.836. The van der Waals surface area contributed by atoms with Crippen LogP contribution in [0.3, 0.4) is 0 Å². The van der Waals surface area contributed by atoms with E-state index in [9.17, 15) is 4.79 Å². The number of amides is 2. The molecule has 0 unspecified atom stereocenters. The number of nitrogens with zero attached hydrogens (tertiary/aromatic N) is 2. The molecule has 28 heavy (non-hydrogen) atoms. The minimum Gasteiger partial charge on any atom is -0.454 e. The number of carbonyl (C=O) groups excluding carboxylic acids is 1. The van der Waals surface area contributed by atoms with Crippen LogP contribution in [0.15, 0.2) is 42.5 Å². The first kappa shape index (κ1) is 18.6. The summed E-state index contributed by atoms with van der Waals surface area (Å²) in [5, 5.41) is 3.07. The van der Waals surface area contributed by atoms with Crippen molar-refractivity contribution in [1.82, 2.24) is 15.1 Å². The van der Waals surface area contributed by atoms with E-state index >= 15 is 0 Å². The monoisotopic (exact) mass is 381 g/mol. The molecule has 0 saturated heterocycles. The molecule has 2 aromatic rings. The maximum atomic E-state index is 12.6. The first-order chi connectivity index (χ1) is 13.7. The Labute approximate surface area is 166 Å². The summed E-state index contributed by atoms with van der Waals surface area (Å²) in [7, 11) is 0. The molecule has 148 valence electrons. The highest BCUT2D eigenvalue weighted by molar-refractivity contribution is 5.74. The standard InChI is InChI=1S/C22H27N3O3/c1-2-25(14-17-7-8-20-21(13-17)28-16-27-20)22(26)23-10-12-24-11-9-18-5-3-4-6-19(18)15-24/h3-8,13H,2,9-12,14-16H2,1H3,(H,23,26). The second kappa shape index (κ2) is 8.52. The normalized spacial score (nSPS) is 15.2. The Morgan fingerprint density at radius 3 is 2.82 bits per heavy atom. The van der Waals surface area contributed by atoms with Crippen LogP contribution < -0.4 is 14.8 Å². The first-order valence-corrected chi connectivity index (χ1v) is 9.93. The number of urea groups is 1. The Balaban J connectivity index is 1.26. The molecule has 0 aliphatic carbocycles. The third-order valence-electron chi connectivity index (χ3n) is 5.39. The maximum absolute atomic E-state index is 12.6. The van der Waals surface area contributed by atoms with E-state index in [1.807, 2.05) is 30.0 Å². The molecule has 0 radical (unpaired) electrons. The fraction of sp³-hybridized carbons (Fsp3) is 0.409. The molecule has 6 heteroatoms. The Morgan fingerprint density at radius 2 is 1.96 bits per heavy atom. The molecule has 2 amide bonds. The second-order valence-electron chi connectivity index (χ2n) is 7.23. The molecule has 2 heterocycles. The predicted octanol–water partition coefficient (Wildman–Crippen LogP) is 3.01. The third kappa shape index (κ3) is 4.22. The van der Waals surface area contributed by atoms with E-state index in [1.165, 1.54) is 11.1 Å². The Kier molecular flexibility index (Phi) is 5.67. The number of fused-ring (bicyclic) bond motifs is 2. The van der Waals surface area contributed by atoms with Crippen molar-refractivity contribution in [2.24, 2.45) is 0 Å². The van der Waals surface area contributed by atoms with Gasteiger partial charge in [0.05, 0.1) is 0 Å². The SMILES string of the molecule is CCN(Cc1ccc2c(c1)OCO2)C(=O)NCCN1CCc2ccccc2C1. The summed E-state index contributed by atoms with van der Waals surface area (Å²) in [5.41, 5.74) is 3.88. The number of ether oxygens (including phenoxy) is 2. The lowest BCUT2D eigenvalue weighted by molar-refractivity contribution is 0.173. The van der Waals surface area contributed by atoms with Gasteiger partial charge in [0.2, 0.25) is 6.79 Å². The summed E-state index contributed by atoms with van der Waals surface area (Å²) in [6.07, 6.45) is 1.08. The average Bonchev–Trinajstić information content (AvgIpc) is 3.19. The second-order valence-corrected chi connectivity index (χ2v) is 7.23. The number of benzene rings is 2. The molecule has 2 aromatic carbocycles. The van der Waals surface area contributed by atoms with Gasteiger partial charge in [-0.2, -0.15) is 0 Å². The zero-order chi connectivity index (χ0) is 19.3. The van der Waals surface area contributed by atoms with E-state index in [0.717, 1.165) is 43.1 Å². The zero-order valence-corrected chi connectivity index (χ0v) is 16.3. The molecule has 1 N–H and O–H groups in total. The van der Waals surface area contributed by atoms with Gasteiger partial charge < -0.3 is 19.7 Å². The molecular formula is C22H27N3O3. The van der Waals surface area contributed by atoms with Crippen molar-refractivity contribution in [1.29, 1.82) is 0 Å². The lowest BCUT2D eigenvalue weighted by Crippen LogP contribution is -2.43. The van der Waals surface area contributed by atoms with Gasteiger partial charge in [0.15, 0.2) is 11.5 Å². The van der Waals surface area contributed by atoms with E-state index in [1.54, 1.807) is 0 Å². The van der Waals surface area contributed by atoms with Crippen LogP contribution in [0, 0.1) is 0 Å². The molecule has 0 saturated carbocycles. The highest BCUT2D eigenvalue weighted by Gasteiger charge is 2.18. The lowest BCUT2D eigenvalue weighted by Gasteiger charge is -2.29. The van der Waals surface area contributed by atoms with Gasteiger partial charge in [-0.15, -0.1) is 0 Å². The van der Waals surface area contributed by atoms with E-state index in [2.05, 4.69) is 34.5 Å². The lowest BCUT2D eigenvalue weighted by atomic mass is 10.00. The predicted molar refractivity (Wildman–Crippen MR) is 107 cm³/mol. The summed E-state index contributed by atoms with van der Waals surface area (Å²) >= 11 is 0. The van der Waals surface area contributed by atoms with Crippen molar-refractivity contribution in [3.05, 3.63) is 59.2 Å². The summed E-state index contributed by atoms with van der Waals surface area (Å²) in [6, 6.07) is 14.4. The largest absolute Gasteiger partial charge is 0.454 e. The van der Waals surface area contributed by atoms with Crippen LogP contribution >= 0.6 is 0 Å². The Bertz CT molecular complexity index is 840. The summed E-state index contributed by atoms with van der Waals surface area (Å²) < 4.78 is 10.8. The molecule has 2 aliphatic heterocycles. The van der Waals surface area contributed by atoms with E-state index in [-0.39, 0.29) is 12.8 Å². The topological polar surface area (TPSA) is 54.0 Å². The van der Waals surface area contributed by atoms with Gasteiger partial charge in [0.25, 0.3) is 0 Å². The fourth-order valence-corrected chi connectivity index (χ4v) is 3.76. The molecule has 0 aromatic heterocycles. The third-order valence-corrected chi connectivity index (χ3v) is 5.39. The number of rotatable bonds is 6. The van der Waals surface area contributed by atoms with Crippen molar-refractivity contribution in [3.63, 3.8) is 0 Å². The van der Waals surface area contributed by atoms with E-state index in [4.69, 9.17) is 9.47 Å². The van der Waals surface area contributed by atoms with Crippen molar-refractivity contribution in [2.45, 2.75) is 26.4 Å².